The van der Waals surface area contributed by atoms with Crippen LogP contribution in [0, 0.1) is 10.1 Å². The van der Waals surface area contributed by atoms with E-state index in [2.05, 4.69) is 5.32 Å². The van der Waals surface area contributed by atoms with Gasteiger partial charge < -0.3 is 19.7 Å². The molecule has 1 saturated heterocycles. The Morgan fingerprint density at radius 2 is 1.82 bits per heavy atom. The molecule has 8 nitrogen and oxygen atoms in total. The molecule has 1 N–H and O–H groups in total. The number of ether oxygens (including phenoxy) is 2. The van der Waals surface area contributed by atoms with Crippen LogP contribution in [0.15, 0.2) is 36.4 Å². The average molecular weight is 385 g/mol. The first-order valence-corrected chi connectivity index (χ1v) is 9.10. The van der Waals surface area contributed by atoms with Gasteiger partial charge in [-0.2, -0.15) is 0 Å². The van der Waals surface area contributed by atoms with Gasteiger partial charge in [0.15, 0.2) is 0 Å². The number of hydrogen-bond donors (Lipinski definition) is 1. The van der Waals surface area contributed by atoms with Crippen molar-refractivity contribution in [3.8, 4) is 11.5 Å². The Balaban J connectivity index is 1.88. The van der Waals surface area contributed by atoms with Crippen molar-refractivity contribution in [1.82, 2.24) is 0 Å². The highest BCUT2D eigenvalue weighted by Crippen LogP contribution is 2.33. The van der Waals surface area contributed by atoms with Gasteiger partial charge in [-0.15, -0.1) is 0 Å². The van der Waals surface area contributed by atoms with Crippen LogP contribution < -0.4 is 19.7 Å². The van der Waals surface area contributed by atoms with E-state index in [9.17, 15) is 14.9 Å². The van der Waals surface area contributed by atoms with Gasteiger partial charge in [-0.05, 0) is 43.5 Å². The SMILES string of the molecule is COc1ccc(OC)c(NC(=O)c2ccc(N3CCCCC3)c([N+](=O)[O-])c2)c1. The zero-order valence-electron chi connectivity index (χ0n) is 15.9. The third kappa shape index (κ3) is 4.16. The van der Waals surface area contributed by atoms with E-state index in [1.807, 2.05) is 4.90 Å². The quantitative estimate of drug-likeness (QED) is 0.599. The molecule has 2 aromatic rings. The summed E-state index contributed by atoms with van der Waals surface area (Å²) in [6, 6.07) is 9.61. The van der Waals surface area contributed by atoms with Crippen molar-refractivity contribution in [2.24, 2.45) is 0 Å². The molecule has 148 valence electrons. The summed E-state index contributed by atoms with van der Waals surface area (Å²) in [5.74, 6) is 0.566. The van der Waals surface area contributed by atoms with Gasteiger partial charge in [0.05, 0.1) is 24.8 Å². The van der Waals surface area contributed by atoms with Crippen LogP contribution >= 0.6 is 0 Å². The first kappa shape index (κ1) is 19.5. The van der Waals surface area contributed by atoms with E-state index in [0.29, 0.717) is 22.9 Å². The van der Waals surface area contributed by atoms with Gasteiger partial charge in [-0.3, -0.25) is 14.9 Å². The largest absolute Gasteiger partial charge is 0.497 e. The van der Waals surface area contributed by atoms with Crippen LogP contribution in [0.25, 0.3) is 0 Å². The predicted octanol–water partition coefficient (Wildman–Crippen LogP) is 3.85. The van der Waals surface area contributed by atoms with Crippen LogP contribution in [-0.4, -0.2) is 38.1 Å². The van der Waals surface area contributed by atoms with E-state index in [1.165, 1.54) is 20.3 Å². The minimum Gasteiger partial charge on any atom is -0.497 e. The lowest BCUT2D eigenvalue weighted by Gasteiger charge is -2.28. The Kier molecular flexibility index (Phi) is 5.98. The smallest absolute Gasteiger partial charge is 0.293 e. The second-order valence-corrected chi connectivity index (χ2v) is 6.53. The number of anilines is 2. The topological polar surface area (TPSA) is 93.9 Å². The Labute approximate surface area is 163 Å². The fourth-order valence-corrected chi connectivity index (χ4v) is 3.32. The normalized spacial score (nSPS) is 13.7. The minimum atomic E-state index is -0.458. The molecule has 0 spiro atoms. The number of benzene rings is 2. The van der Waals surface area contributed by atoms with Gasteiger partial charge >= 0.3 is 0 Å². The lowest BCUT2D eigenvalue weighted by molar-refractivity contribution is -0.384. The summed E-state index contributed by atoms with van der Waals surface area (Å²) in [5.41, 5.74) is 1.12. The Morgan fingerprint density at radius 1 is 1.07 bits per heavy atom. The third-order valence-electron chi connectivity index (χ3n) is 4.79. The van der Waals surface area contributed by atoms with Crippen molar-refractivity contribution >= 4 is 23.0 Å². The zero-order chi connectivity index (χ0) is 20.1. The number of nitrogens with one attached hydrogen (secondary N) is 1. The minimum absolute atomic E-state index is 0.0628. The highest BCUT2D eigenvalue weighted by atomic mass is 16.6. The molecule has 0 bridgehead atoms. The van der Waals surface area contributed by atoms with Gasteiger partial charge in [0.2, 0.25) is 0 Å². The molecule has 0 atom stereocenters. The van der Waals surface area contributed by atoms with E-state index in [-0.39, 0.29) is 11.3 Å². The summed E-state index contributed by atoms with van der Waals surface area (Å²) in [6.07, 6.45) is 3.15. The zero-order valence-corrected chi connectivity index (χ0v) is 15.9. The summed E-state index contributed by atoms with van der Waals surface area (Å²) in [6.45, 7) is 1.57. The first-order valence-electron chi connectivity index (χ1n) is 9.10. The Bertz CT molecular complexity index is 878. The molecule has 1 heterocycles. The van der Waals surface area contributed by atoms with Crippen molar-refractivity contribution in [1.29, 1.82) is 0 Å². The lowest BCUT2D eigenvalue weighted by Crippen LogP contribution is -2.30. The number of methoxy groups -OCH3 is 2. The standard InChI is InChI=1S/C20H23N3O5/c1-27-15-7-9-19(28-2)16(13-15)21-20(24)14-6-8-17(18(12-14)23(25)26)22-10-4-3-5-11-22/h6-9,12-13H,3-5,10-11H2,1-2H3,(H,21,24). The maximum absolute atomic E-state index is 12.7. The third-order valence-corrected chi connectivity index (χ3v) is 4.79. The summed E-state index contributed by atoms with van der Waals surface area (Å²) in [5, 5.41) is 14.3. The highest BCUT2D eigenvalue weighted by Gasteiger charge is 2.23. The second-order valence-electron chi connectivity index (χ2n) is 6.53. The van der Waals surface area contributed by atoms with Crippen LogP contribution in [0.3, 0.4) is 0 Å². The molecule has 0 radical (unpaired) electrons. The van der Waals surface area contributed by atoms with E-state index in [1.54, 1.807) is 30.3 Å². The molecule has 3 rings (SSSR count). The number of carbonyl (C=O) groups excluding carboxylic acids is 1. The van der Waals surface area contributed by atoms with E-state index < -0.39 is 10.8 Å². The molecule has 1 amide bonds. The summed E-state index contributed by atoms with van der Waals surface area (Å²) in [7, 11) is 3.02. The summed E-state index contributed by atoms with van der Waals surface area (Å²) in [4.78, 5) is 25.9. The highest BCUT2D eigenvalue weighted by molar-refractivity contribution is 6.06. The van der Waals surface area contributed by atoms with Crippen molar-refractivity contribution in [3.63, 3.8) is 0 Å². The maximum Gasteiger partial charge on any atom is 0.293 e. The average Bonchev–Trinajstić information content (AvgIpc) is 2.73. The number of piperidine rings is 1. The van der Waals surface area contributed by atoms with Gasteiger partial charge in [0.1, 0.15) is 17.2 Å². The molecule has 1 aliphatic rings. The number of nitrogens with zero attached hydrogens (tertiary/aromatic N) is 2. The molecule has 0 unspecified atom stereocenters. The number of hydrogen-bond acceptors (Lipinski definition) is 6. The Morgan fingerprint density at radius 3 is 2.46 bits per heavy atom. The van der Waals surface area contributed by atoms with E-state index in [4.69, 9.17) is 9.47 Å². The van der Waals surface area contributed by atoms with Crippen LogP contribution in [0.5, 0.6) is 11.5 Å². The maximum atomic E-state index is 12.7. The van der Waals surface area contributed by atoms with Crippen molar-refractivity contribution in [3.05, 3.63) is 52.1 Å². The van der Waals surface area contributed by atoms with Crippen LogP contribution in [0.1, 0.15) is 29.6 Å². The molecule has 28 heavy (non-hydrogen) atoms. The lowest BCUT2D eigenvalue weighted by atomic mass is 10.1. The molecule has 2 aromatic carbocycles. The molecule has 0 saturated carbocycles. The van der Waals surface area contributed by atoms with E-state index >= 15 is 0 Å². The Hall–Kier alpha value is -3.29. The molecule has 8 heteroatoms. The fourth-order valence-electron chi connectivity index (χ4n) is 3.32. The first-order chi connectivity index (χ1) is 13.5. The van der Waals surface area contributed by atoms with Gasteiger partial charge in [0.25, 0.3) is 11.6 Å². The van der Waals surface area contributed by atoms with Crippen LogP contribution in [0.4, 0.5) is 17.1 Å². The summed E-state index contributed by atoms with van der Waals surface area (Å²) < 4.78 is 10.4. The van der Waals surface area contributed by atoms with Crippen LogP contribution in [0.2, 0.25) is 0 Å². The van der Waals surface area contributed by atoms with Crippen LogP contribution in [-0.2, 0) is 0 Å². The van der Waals surface area contributed by atoms with Gasteiger partial charge in [-0.1, -0.05) is 0 Å². The van der Waals surface area contributed by atoms with Crippen molar-refractivity contribution in [2.75, 3.05) is 37.5 Å². The monoisotopic (exact) mass is 385 g/mol. The van der Waals surface area contributed by atoms with Gasteiger partial charge in [0, 0.05) is 30.8 Å². The molecular formula is C20H23N3O5. The molecule has 1 aliphatic heterocycles. The number of amides is 1. The van der Waals surface area contributed by atoms with E-state index in [0.717, 1.165) is 32.4 Å². The molecule has 1 fully saturated rings. The molecular weight excluding hydrogens is 362 g/mol. The van der Waals surface area contributed by atoms with Crippen molar-refractivity contribution < 1.29 is 19.2 Å². The fraction of sp³-hybridized carbons (Fsp3) is 0.350. The summed E-state index contributed by atoms with van der Waals surface area (Å²) >= 11 is 0. The van der Waals surface area contributed by atoms with Crippen molar-refractivity contribution in [2.45, 2.75) is 19.3 Å². The van der Waals surface area contributed by atoms with Gasteiger partial charge in [-0.25, -0.2) is 0 Å². The molecule has 0 aromatic heterocycles. The number of rotatable bonds is 6. The molecule has 0 aliphatic carbocycles. The second kappa shape index (κ2) is 8.60. The predicted molar refractivity (Wildman–Crippen MR) is 107 cm³/mol. The number of nitro benzene ring substituents is 1. The number of nitro groups is 1. The number of carbonyl (C=O) groups is 1.